The summed E-state index contributed by atoms with van der Waals surface area (Å²) in [6.45, 7) is 2.86. The zero-order valence-corrected chi connectivity index (χ0v) is 14.3. The standard InChI is InChI=1S/C17H24O2S2/c1-2-15-11-17(20-9-6-10-21-17)12-16(19-15)18-13-14-7-4-3-5-8-14/h3-5,7-8,15-16H,2,6,9-13H2,1H3. The smallest absolute Gasteiger partial charge is 0.160 e. The van der Waals surface area contributed by atoms with Gasteiger partial charge in [-0.15, -0.1) is 23.5 Å². The fourth-order valence-corrected chi connectivity index (χ4v) is 6.40. The highest BCUT2D eigenvalue weighted by Gasteiger charge is 2.43. The molecule has 4 heteroatoms. The minimum atomic E-state index is -0.0537. The molecular weight excluding hydrogens is 300 g/mol. The molecule has 1 spiro atoms. The van der Waals surface area contributed by atoms with Crippen molar-refractivity contribution in [3.63, 3.8) is 0 Å². The molecule has 2 unspecified atom stereocenters. The van der Waals surface area contributed by atoms with E-state index >= 15 is 0 Å². The van der Waals surface area contributed by atoms with E-state index in [9.17, 15) is 0 Å². The van der Waals surface area contributed by atoms with Gasteiger partial charge in [-0.05, 0) is 36.3 Å². The fraction of sp³-hybridized carbons (Fsp3) is 0.647. The summed E-state index contributed by atoms with van der Waals surface area (Å²) >= 11 is 4.27. The molecular formula is C17H24O2S2. The van der Waals surface area contributed by atoms with Crippen molar-refractivity contribution in [1.29, 1.82) is 0 Å². The van der Waals surface area contributed by atoms with E-state index in [0.717, 1.165) is 12.8 Å². The van der Waals surface area contributed by atoms with Crippen LogP contribution in [0.4, 0.5) is 0 Å². The van der Waals surface area contributed by atoms with Crippen LogP contribution in [0.2, 0.25) is 0 Å². The quantitative estimate of drug-likeness (QED) is 0.800. The molecule has 2 heterocycles. The van der Waals surface area contributed by atoms with Gasteiger partial charge in [-0.2, -0.15) is 0 Å². The summed E-state index contributed by atoms with van der Waals surface area (Å²) in [5.41, 5.74) is 1.22. The molecule has 0 aliphatic carbocycles. The van der Waals surface area contributed by atoms with Crippen molar-refractivity contribution >= 4 is 23.5 Å². The molecule has 0 radical (unpaired) electrons. The third kappa shape index (κ3) is 4.19. The van der Waals surface area contributed by atoms with Crippen molar-refractivity contribution in [3.05, 3.63) is 35.9 Å². The van der Waals surface area contributed by atoms with Gasteiger partial charge in [0.25, 0.3) is 0 Å². The van der Waals surface area contributed by atoms with Crippen LogP contribution in [-0.4, -0.2) is 28.0 Å². The van der Waals surface area contributed by atoms with Gasteiger partial charge in [0.15, 0.2) is 6.29 Å². The van der Waals surface area contributed by atoms with Crippen LogP contribution >= 0.6 is 23.5 Å². The van der Waals surface area contributed by atoms with E-state index in [1.54, 1.807) is 0 Å². The maximum atomic E-state index is 6.14. The van der Waals surface area contributed by atoms with E-state index in [4.69, 9.17) is 9.47 Å². The van der Waals surface area contributed by atoms with Gasteiger partial charge in [-0.3, -0.25) is 0 Å². The van der Waals surface area contributed by atoms with Crippen LogP contribution in [0.25, 0.3) is 0 Å². The second-order valence-electron chi connectivity index (χ2n) is 5.76. The van der Waals surface area contributed by atoms with Crippen LogP contribution in [0, 0.1) is 0 Å². The van der Waals surface area contributed by atoms with Gasteiger partial charge < -0.3 is 9.47 Å². The van der Waals surface area contributed by atoms with E-state index in [-0.39, 0.29) is 6.29 Å². The molecule has 2 nitrogen and oxygen atoms in total. The molecule has 21 heavy (non-hydrogen) atoms. The van der Waals surface area contributed by atoms with Gasteiger partial charge in [0.05, 0.1) is 16.8 Å². The topological polar surface area (TPSA) is 18.5 Å². The van der Waals surface area contributed by atoms with E-state index in [0.29, 0.717) is 16.8 Å². The molecule has 1 aromatic rings. The maximum absolute atomic E-state index is 6.14. The van der Waals surface area contributed by atoms with Crippen LogP contribution < -0.4 is 0 Å². The molecule has 1 aromatic carbocycles. The SMILES string of the molecule is CCC1CC2(CC(OCc3ccccc3)O1)SCCCS2. The fourth-order valence-electron chi connectivity index (χ4n) is 2.95. The normalized spacial score (nSPS) is 28.6. The molecule has 2 atom stereocenters. The lowest BCUT2D eigenvalue weighted by molar-refractivity contribution is -0.200. The first-order valence-corrected chi connectivity index (χ1v) is 9.86. The van der Waals surface area contributed by atoms with Gasteiger partial charge in [-0.25, -0.2) is 0 Å². The van der Waals surface area contributed by atoms with Crippen molar-refractivity contribution in [3.8, 4) is 0 Å². The van der Waals surface area contributed by atoms with Crippen molar-refractivity contribution in [2.75, 3.05) is 11.5 Å². The molecule has 0 amide bonds. The molecule has 2 saturated heterocycles. The molecule has 2 fully saturated rings. The monoisotopic (exact) mass is 324 g/mol. The van der Waals surface area contributed by atoms with E-state index in [2.05, 4.69) is 54.7 Å². The van der Waals surface area contributed by atoms with Crippen molar-refractivity contribution in [2.24, 2.45) is 0 Å². The molecule has 2 aliphatic heterocycles. The lowest BCUT2D eigenvalue weighted by Crippen LogP contribution is -2.43. The van der Waals surface area contributed by atoms with Crippen LogP contribution in [-0.2, 0) is 16.1 Å². The van der Waals surface area contributed by atoms with Gasteiger partial charge >= 0.3 is 0 Å². The van der Waals surface area contributed by atoms with Crippen LogP contribution in [0.15, 0.2) is 30.3 Å². The Hall–Kier alpha value is -0.160. The van der Waals surface area contributed by atoms with Crippen LogP contribution in [0.5, 0.6) is 0 Å². The second kappa shape index (κ2) is 7.40. The molecule has 0 N–H and O–H groups in total. The number of ether oxygens (including phenoxy) is 2. The third-order valence-corrected chi connectivity index (χ3v) is 7.53. The second-order valence-corrected chi connectivity index (χ2v) is 8.98. The van der Waals surface area contributed by atoms with Crippen molar-refractivity contribution in [2.45, 2.75) is 55.7 Å². The predicted molar refractivity (Wildman–Crippen MR) is 91.7 cm³/mol. The maximum Gasteiger partial charge on any atom is 0.160 e. The minimum absolute atomic E-state index is 0.0537. The molecule has 3 rings (SSSR count). The Bertz CT molecular complexity index is 432. The van der Waals surface area contributed by atoms with Gasteiger partial charge in [0.1, 0.15) is 0 Å². The third-order valence-electron chi connectivity index (χ3n) is 4.11. The highest BCUT2D eigenvalue weighted by molar-refractivity contribution is 8.18. The Morgan fingerprint density at radius 2 is 1.95 bits per heavy atom. The van der Waals surface area contributed by atoms with Gasteiger partial charge in [0.2, 0.25) is 0 Å². The van der Waals surface area contributed by atoms with Crippen molar-refractivity contribution in [1.82, 2.24) is 0 Å². The van der Waals surface area contributed by atoms with Gasteiger partial charge in [0, 0.05) is 6.42 Å². The average molecular weight is 325 g/mol. The van der Waals surface area contributed by atoms with Crippen LogP contribution in [0.1, 0.15) is 38.2 Å². The highest BCUT2D eigenvalue weighted by Crippen LogP contribution is 2.52. The molecule has 2 aliphatic rings. The summed E-state index contributed by atoms with van der Waals surface area (Å²) in [5, 5.41) is 0. The molecule has 116 valence electrons. The summed E-state index contributed by atoms with van der Waals surface area (Å²) in [5.74, 6) is 2.57. The number of thioether (sulfide) groups is 2. The molecule has 0 bridgehead atoms. The Morgan fingerprint density at radius 1 is 1.19 bits per heavy atom. The Balaban J connectivity index is 1.61. The summed E-state index contributed by atoms with van der Waals surface area (Å²) in [6.07, 6.45) is 4.90. The highest BCUT2D eigenvalue weighted by atomic mass is 32.2. The van der Waals surface area contributed by atoms with E-state index in [1.807, 2.05) is 6.07 Å². The first-order chi connectivity index (χ1) is 10.3. The predicted octanol–water partition coefficient (Wildman–Crippen LogP) is 4.68. The Morgan fingerprint density at radius 3 is 2.67 bits per heavy atom. The summed E-state index contributed by atoms with van der Waals surface area (Å²) in [6, 6.07) is 10.4. The first-order valence-electron chi connectivity index (χ1n) is 7.88. The average Bonchev–Trinajstić information content (AvgIpc) is 2.54. The van der Waals surface area contributed by atoms with E-state index < -0.39 is 0 Å². The number of hydrogen-bond donors (Lipinski definition) is 0. The number of benzene rings is 1. The lowest BCUT2D eigenvalue weighted by atomic mass is 10.0. The molecule has 0 aromatic heterocycles. The largest absolute Gasteiger partial charge is 0.349 e. The summed E-state index contributed by atoms with van der Waals surface area (Å²) in [7, 11) is 0. The van der Waals surface area contributed by atoms with Crippen LogP contribution in [0.3, 0.4) is 0 Å². The first kappa shape index (κ1) is 15.7. The number of rotatable bonds is 4. The zero-order chi connectivity index (χ0) is 14.5. The molecule has 0 saturated carbocycles. The number of hydrogen-bond acceptors (Lipinski definition) is 4. The minimum Gasteiger partial charge on any atom is -0.349 e. The summed E-state index contributed by atoms with van der Waals surface area (Å²) in [4.78, 5) is 0. The zero-order valence-electron chi connectivity index (χ0n) is 12.6. The lowest BCUT2D eigenvalue weighted by Gasteiger charge is -2.45. The Kier molecular flexibility index (Phi) is 5.54. The van der Waals surface area contributed by atoms with E-state index in [1.165, 1.54) is 29.9 Å². The Labute approximate surface area is 136 Å². The van der Waals surface area contributed by atoms with Gasteiger partial charge in [-0.1, -0.05) is 37.3 Å². The summed E-state index contributed by atoms with van der Waals surface area (Å²) < 4.78 is 12.5. The van der Waals surface area contributed by atoms with Crippen molar-refractivity contribution < 1.29 is 9.47 Å².